The predicted octanol–water partition coefficient (Wildman–Crippen LogP) is 4.28. The van der Waals surface area contributed by atoms with E-state index < -0.39 is 0 Å². The Bertz CT molecular complexity index is 723. The number of hydrogen-bond acceptors (Lipinski definition) is 3. The van der Waals surface area contributed by atoms with Crippen molar-refractivity contribution in [2.75, 3.05) is 7.11 Å². The van der Waals surface area contributed by atoms with Gasteiger partial charge in [0.2, 0.25) is 0 Å². The van der Waals surface area contributed by atoms with Crippen molar-refractivity contribution >= 4 is 5.78 Å². The van der Waals surface area contributed by atoms with Crippen molar-refractivity contribution < 1.29 is 14.3 Å². The molecule has 0 N–H and O–H groups in total. The van der Waals surface area contributed by atoms with Crippen LogP contribution in [0.4, 0.5) is 0 Å². The first-order chi connectivity index (χ1) is 12.6. The standard InChI is InChI=1S/C23H30O3/c1-22-8-5-15-14-4-3-13(24)11-16(14)17-12-18(17)21(15)19(22)6-9-23(22)10-7-20(25-2)26-23/h7,10-11,14-15,17-21H,3-6,8-9,12H2,1-2H3/t14-,15?,17+,18+,19?,20?,21?,22+,23-/m1/s1. The van der Waals surface area contributed by atoms with Gasteiger partial charge in [0.1, 0.15) is 0 Å². The molecule has 0 bridgehead atoms. The lowest BCUT2D eigenvalue weighted by atomic mass is 9.50. The van der Waals surface area contributed by atoms with Crippen LogP contribution in [0.1, 0.15) is 51.9 Å². The van der Waals surface area contributed by atoms with Crippen molar-refractivity contribution in [2.45, 2.75) is 63.8 Å². The molecule has 0 aromatic heterocycles. The maximum absolute atomic E-state index is 12.0. The number of methoxy groups -OCH3 is 1. The Morgan fingerprint density at radius 3 is 2.85 bits per heavy atom. The van der Waals surface area contributed by atoms with E-state index in [4.69, 9.17) is 9.47 Å². The Balaban J connectivity index is 1.35. The largest absolute Gasteiger partial charge is 0.352 e. The molecule has 5 aliphatic carbocycles. The highest BCUT2D eigenvalue weighted by atomic mass is 16.7. The molecule has 1 spiro atoms. The van der Waals surface area contributed by atoms with E-state index in [0.717, 1.165) is 48.9 Å². The molecule has 0 aromatic carbocycles. The molecule has 6 rings (SSSR count). The van der Waals surface area contributed by atoms with Crippen molar-refractivity contribution in [2.24, 2.45) is 40.9 Å². The number of hydrogen-bond donors (Lipinski definition) is 0. The van der Waals surface area contributed by atoms with Gasteiger partial charge < -0.3 is 9.47 Å². The molecule has 4 fully saturated rings. The van der Waals surface area contributed by atoms with Crippen LogP contribution in [-0.2, 0) is 14.3 Å². The van der Waals surface area contributed by atoms with Crippen molar-refractivity contribution in [3.05, 3.63) is 23.8 Å². The first-order valence-corrected chi connectivity index (χ1v) is 10.7. The minimum absolute atomic E-state index is 0.105. The Labute approximate surface area is 156 Å². The van der Waals surface area contributed by atoms with Crippen molar-refractivity contribution in [1.29, 1.82) is 0 Å². The van der Waals surface area contributed by atoms with E-state index in [0.29, 0.717) is 11.7 Å². The summed E-state index contributed by atoms with van der Waals surface area (Å²) < 4.78 is 12.0. The number of allylic oxidation sites excluding steroid dienone is 1. The van der Waals surface area contributed by atoms with E-state index in [2.05, 4.69) is 25.2 Å². The summed E-state index contributed by atoms with van der Waals surface area (Å²) >= 11 is 0. The fourth-order valence-electron chi connectivity index (χ4n) is 8.15. The number of carbonyl (C=O) groups excluding carboxylic acids is 1. The molecular weight excluding hydrogens is 324 g/mol. The summed E-state index contributed by atoms with van der Waals surface area (Å²) in [6.45, 7) is 2.51. The second-order valence-electron chi connectivity index (χ2n) is 10.1. The van der Waals surface area contributed by atoms with E-state index in [1.54, 1.807) is 12.7 Å². The first kappa shape index (κ1) is 16.1. The van der Waals surface area contributed by atoms with Gasteiger partial charge in [0.25, 0.3) is 0 Å². The molecule has 1 aliphatic heterocycles. The Hall–Kier alpha value is -0.930. The number of ketones is 1. The van der Waals surface area contributed by atoms with E-state index in [1.807, 2.05) is 0 Å². The summed E-state index contributed by atoms with van der Waals surface area (Å²) in [5.74, 6) is 5.11. The van der Waals surface area contributed by atoms with Crippen LogP contribution < -0.4 is 0 Å². The summed E-state index contributed by atoms with van der Waals surface area (Å²) in [5, 5.41) is 0. The summed E-state index contributed by atoms with van der Waals surface area (Å²) in [6.07, 6.45) is 14.6. The molecule has 0 aromatic rings. The van der Waals surface area contributed by atoms with Gasteiger partial charge in [0.05, 0.1) is 5.60 Å². The van der Waals surface area contributed by atoms with E-state index in [9.17, 15) is 4.79 Å². The third-order valence-corrected chi connectivity index (χ3v) is 9.39. The Morgan fingerprint density at radius 2 is 2.04 bits per heavy atom. The zero-order valence-electron chi connectivity index (χ0n) is 15.9. The average molecular weight is 354 g/mol. The SMILES string of the molecule is COC1C=C[C@@]2(CCC3C4C(CC[C@@]32C)[C@H]2CCC(=O)C=C2[C@@H]2C[C@H]42)O1. The monoisotopic (exact) mass is 354 g/mol. The zero-order chi connectivity index (χ0) is 17.7. The summed E-state index contributed by atoms with van der Waals surface area (Å²) in [7, 11) is 1.74. The lowest BCUT2D eigenvalue weighted by Crippen LogP contribution is -2.53. The normalized spacial score (nSPS) is 56.6. The maximum Gasteiger partial charge on any atom is 0.177 e. The zero-order valence-corrected chi connectivity index (χ0v) is 15.9. The summed E-state index contributed by atoms with van der Waals surface area (Å²) in [6, 6.07) is 0. The number of rotatable bonds is 1. The predicted molar refractivity (Wildman–Crippen MR) is 98.2 cm³/mol. The van der Waals surface area contributed by atoms with Gasteiger partial charge >= 0.3 is 0 Å². The van der Waals surface area contributed by atoms with Gasteiger partial charge in [-0.15, -0.1) is 0 Å². The quantitative estimate of drug-likeness (QED) is 0.659. The number of carbonyl (C=O) groups is 1. The number of fused-ring (bicyclic) bond motifs is 9. The fraction of sp³-hybridized carbons (Fsp3) is 0.783. The van der Waals surface area contributed by atoms with Crippen molar-refractivity contribution in [3.8, 4) is 0 Å². The molecule has 140 valence electrons. The van der Waals surface area contributed by atoms with Crippen LogP contribution in [0.3, 0.4) is 0 Å². The van der Waals surface area contributed by atoms with Gasteiger partial charge in [-0.2, -0.15) is 0 Å². The molecule has 3 heteroatoms. The highest BCUT2D eigenvalue weighted by Gasteiger charge is 2.68. The van der Waals surface area contributed by atoms with Crippen molar-refractivity contribution in [1.82, 2.24) is 0 Å². The molecule has 0 amide bonds. The van der Waals surface area contributed by atoms with Gasteiger partial charge in [-0.3, -0.25) is 4.79 Å². The smallest absolute Gasteiger partial charge is 0.177 e. The lowest BCUT2D eigenvalue weighted by Gasteiger charge is -2.55. The molecular formula is C23H30O3. The van der Waals surface area contributed by atoms with E-state index in [1.165, 1.54) is 25.7 Å². The van der Waals surface area contributed by atoms with Gasteiger partial charge in [0, 0.05) is 18.9 Å². The summed E-state index contributed by atoms with van der Waals surface area (Å²) in [5.41, 5.74) is 1.70. The molecule has 0 saturated heterocycles. The molecule has 6 aliphatic rings. The van der Waals surface area contributed by atoms with Crippen LogP contribution in [0, 0.1) is 40.9 Å². The Kier molecular flexibility index (Phi) is 3.16. The minimum Gasteiger partial charge on any atom is -0.352 e. The number of ether oxygens (including phenoxy) is 2. The lowest BCUT2D eigenvalue weighted by molar-refractivity contribution is -0.191. The van der Waals surface area contributed by atoms with Gasteiger partial charge in [-0.05, 0) is 86.2 Å². The molecule has 26 heavy (non-hydrogen) atoms. The Morgan fingerprint density at radius 1 is 1.15 bits per heavy atom. The second-order valence-corrected chi connectivity index (χ2v) is 10.1. The molecule has 4 unspecified atom stereocenters. The first-order valence-electron chi connectivity index (χ1n) is 10.7. The van der Waals surface area contributed by atoms with Gasteiger partial charge in [-0.1, -0.05) is 18.6 Å². The van der Waals surface area contributed by atoms with Crippen LogP contribution in [0.15, 0.2) is 23.8 Å². The van der Waals surface area contributed by atoms with Gasteiger partial charge in [-0.25, -0.2) is 0 Å². The molecule has 9 atom stereocenters. The van der Waals surface area contributed by atoms with E-state index >= 15 is 0 Å². The van der Waals surface area contributed by atoms with Crippen LogP contribution >= 0.6 is 0 Å². The maximum atomic E-state index is 12.0. The second kappa shape index (κ2) is 5.11. The summed E-state index contributed by atoms with van der Waals surface area (Å²) in [4.78, 5) is 12.0. The van der Waals surface area contributed by atoms with Crippen molar-refractivity contribution in [3.63, 3.8) is 0 Å². The topological polar surface area (TPSA) is 35.5 Å². The highest BCUT2D eigenvalue weighted by molar-refractivity contribution is 5.91. The average Bonchev–Trinajstić information content (AvgIpc) is 3.25. The molecule has 1 heterocycles. The van der Waals surface area contributed by atoms with Crippen LogP contribution in [0.5, 0.6) is 0 Å². The van der Waals surface area contributed by atoms with Gasteiger partial charge in [0.15, 0.2) is 12.1 Å². The molecule has 4 saturated carbocycles. The van der Waals surface area contributed by atoms with Crippen LogP contribution in [0.2, 0.25) is 0 Å². The van der Waals surface area contributed by atoms with Crippen LogP contribution in [-0.4, -0.2) is 24.8 Å². The third kappa shape index (κ3) is 1.84. The van der Waals surface area contributed by atoms with Crippen LogP contribution in [0.25, 0.3) is 0 Å². The minimum atomic E-state index is -0.165. The highest BCUT2D eigenvalue weighted by Crippen LogP contribution is 2.73. The molecule has 3 nitrogen and oxygen atoms in total. The third-order valence-electron chi connectivity index (χ3n) is 9.39. The fourth-order valence-corrected chi connectivity index (χ4v) is 8.15. The van der Waals surface area contributed by atoms with E-state index in [-0.39, 0.29) is 17.3 Å². The molecule has 0 radical (unpaired) electrons.